The molecule has 1 aromatic carbocycles. The van der Waals surface area contributed by atoms with Gasteiger partial charge in [-0.2, -0.15) is 5.10 Å². The molecule has 0 radical (unpaired) electrons. The molecule has 0 fully saturated rings. The van der Waals surface area contributed by atoms with Crippen LogP contribution in [0.1, 0.15) is 16.1 Å². The molecule has 0 bridgehead atoms. The van der Waals surface area contributed by atoms with Crippen LogP contribution in [0.5, 0.6) is 0 Å². The van der Waals surface area contributed by atoms with Crippen LogP contribution in [0.3, 0.4) is 0 Å². The van der Waals surface area contributed by atoms with E-state index < -0.39 is 22.1 Å². The second-order valence-corrected chi connectivity index (χ2v) is 4.80. The smallest absolute Gasteiger partial charge is 0.336 e. The molecule has 0 saturated heterocycles. The Morgan fingerprint density at radius 1 is 1.39 bits per heavy atom. The normalized spacial score (nSPS) is 10.7. The lowest BCUT2D eigenvalue weighted by Gasteiger charge is -2.05. The molecule has 3 aromatic rings. The Kier molecular flexibility index (Phi) is 3.37. The van der Waals surface area contributed by atoms with Crippen LogP contribution in [0, 0.1) is 17.0 Å². The van der Waals surface area contributed by atoms with Crippen molar-refractivity contribution in [1.82, 2.24) is 10.2 Å². The number of nitro groups is 1. The van der Waals surface area contributed by atoms with Crippen molar-refractivity contribution in [3.05, 3.63) is 62.3 Å². The Labute approximate surface area is 128 Å². The van der Waals surface area contributed by atoms with E-state index in [0.29, 0.717) is 11.3 Å². The molecule has 3 rings (SSSR count). The Hall–Kier alpha value is -3.49. The van der Waals surface area contributed by atoms with E-state index >= 15 is 0 Å². The number of benzene rings is 1. The van der Waals surface area contributed by atoms with Gasteiger partial charge >= 0.3 is 11.3 Å². The van der Waals surface area contributed by atoms with Gasteiger partial charge in [-0.25, -0.2) is 4.79 Å². The van der Waals surface area contributed by atoms with Gasteiger partial charge in [-0.3, -0.25) is 20.0 Å². The maximum atomic E-state index is 12.1. The maximum Gasteiger partial charge on any atom is 0.336 e. The largest absolute Gasteiger partial charge is 0.423 e. The minimum atomic E-state index is -0.719. The molecule has 2 N–H and O–H groups in total. The van der Waals surface area contributed by atoms with Gasteiger partial charge in [0.05, 0.1) is 4.92 Å². The average Bonchev–Trinajstić information content (AvgIpc) is 2.96. The monoisotopic (exact) mass is 314 g/mol. The first-order chi connectivity index (χ1) is 11.0. The van der Waals surface area contributed by atoms with E-state index in [9.17, 15) is 19.7 Å². The summed E-state index contributed by atoms with van der Waals surface area (Å²) in [6.07, 6.45) is 0.956. The van der Waals surface area contributed by atoms with E-state index in [1.165, 1.54) is 12.1 Å². The number of H-pyrrole nitrogens is 1. The summed E-state index contributed by atoms with van der Waals surface area (Å²) in [4.78, 5) is 33.6. The zero-order valence-corrected chi connectivity index (χ0v) is 11.8. The molecule has 9 heteroatoms. The van der Waals surface area contributed by atoms with E-state index in [1.807, 2.05) is 0 Å². The summed E-state index contributed by atoms with van der Waals surface area (Å²) in [5.41, 5.74) is 0.208. The number of aromatic amines is 1. The van der Waals surface area contributed by atoms with Crippen molar-refractivity contribution in [2.75, 3.05) is 5.32 Å². The van der Waals surface area contributed by atoms with Gasteiger partial charge in [-0.15, -0.1) is 0 Å². The topological polar surface area (TPSA) is 131 Å². The first-order valence-electron chi connectivity index (χ1n) is 6.49. The van der Waals surface area contributed by atoms with Gasteiger partial charge in [0.1, 0.15) is 11.8 Å². The molecule has 0 spiro atoms. The highest BCUT2D eigenvalue weighted by molar-refractivity contribution is 6.06. The number of fused-ring (bicyclic) bond motifs is 1. The molecule has 116 valence electrons. The molecule has 23 heavy (non-hydrogen) atoms. The highest BCUT2D eigenvalue weighted by atomic mass is 16.6. The van der Waals surface area contributed by atoms with Crippen LogP contribution >= 0.6 is 0 Å². The predicted octanol–water partition coefficient (Wildman–Crippen LogP) is 1.99. The van der Waals surface area contributed by atoms with Gasteiger partial charge in [0.25, 0.3) is 5.91 Å². The molecule has 0 atom stereocenters. The molecule has 0 saturated carbocycles. The quantitative estimate of drug-likeness (QED) is 0.431. The lowest BCUT2D eigenvalue weighted by Crippen LogP contribution is -2.14. The number of carbonyl (C=O) groups is 1. The molecule has 9 nitrogen and oxygen atoms in total. The number of nitrogens with one attached hydrogen (secondary N) is 2. The molecular weight excluding hydrogens is 304 g/mol. The van der Waals surface area contributed by atoms with Crippen LogP contribution in [0.4, 0.5) is 11.4 Å². The maximum absolute atomic E-state index is 12.1. The van der Waals surface area contributed by atoms with Crippen LogP contribution in [0.2, 0.25) is 0 Å². The summed E-state index contributed by atoms with van der Waals surface area (Å²) in [6.45, 7) is 1.77. The minimum absolute atomic E-state index is 0.263. The van der Waals surface area contributed by atoms with Gasteiger partial charge in [-0.1, -0.05) is 0 Å². The number of rotatable bonds is 3. The second-order valence-electron chi connectivity index (χ2n) is 4.80. The molecule has 2 heterocycles. The van der Waals surface area contributed by atoms with E-state index in [-0.39, 0.29) is 5.69 Å². The molecule has 0 unspecified atom stereocenters. The number of hydrogen-bond acceptors (Lipinski definition) is 6. The molecule has 0 aliphatic heterocycles. The van der Waals surface area contributed by atoms with Crippen LogP contribution in [0.15, 0.2) is 39.7 Å². The number of nitrogens with zero attached hydrogens (tertiary/aromatic N) is 2. The fourth-order valence-corrected chi connectivity index (χ4v) is 2.18. The zero-order valence-electron chi connectivity index (χ0n) is 11.8. The summed E-state index contributed by atoms with van der Waals surface area (Å²) >= 11 is 0. The van der Waals surface area contributed by atoms with Crippen LogP contribution < -0.4 is 10.9 Å². The van der Waals surface area contributed by atoms with Crippen molar-refractivity contribution < 1.29 is 14.1 Å². The molecule has 2 aromatic heterocycles. The van der Waals surface area contributed by atoms with Crippen molar-refractivity contribution in [2.24, 2.45) is 0 Å². The number of aromatic nitrogens is 2. The first kappa shape index (κ1) is 14.4. The Bertz CT molecular complexity index is 988. The number of carbonyl (C=O) groups excluding carboxylic acids is 1. The number of amides is 1. The number of hydrogen-bond donors (Lipinski definition) is 2. The van der Waals surface area contributed by atoms with E-state index in [0.717, 1.165) is 17.1 Å². The molecule has 0 aliphatic rings. The van der Waals surface area contributed by atoms with Crippen molar-refractivity contribution in [3.8, 4) is 0 Å². The van der Waals surface area contributed by atoms with Gasteiger partial charge < -0.3 is 9.73 Å². The number of anilines is 1. The van der Waals surface area contributed by atoms with Crippen molar-refractivity contribution in [2.45, 2.75) is 6.92 Å². The van der Waals surface area contributed by atoms with E-state index in [2.05, 4.69) is 15.5 Å². The average molecular weight is 314 g/mol. The molecule has 1 amide bonds. The summed E-state index contributed by atoms with van der Waals surface area (Å²) in [5.74, 6) is -0.719. The van der Waals surface area contributed by atoms with Crippen LogP contribution in [-0.4, -0.2) is 21.0 Å². The van der Waals surface area contributed by atoms with Crippen LogP contribution in [-0.2, 0) is 0 Å². The fourth-order valence-electron chi connectivity index (χ4n) is 2.18. The highest BCUT2D eigenvalue weighted by Crippen LogP contribution is 2.22. The van der Waals surface area contributed by atoms with Crippen molar-refractivity contribution in [3.63, 3.8) is 0 Å². The van der Waals surface area contributed by atoms with E-state index in [1.54, 1.807) is 19.1 Å². The third-order valence-corrected chi connectivity index (χ3v) is 3.25. The number of aryl methyl sites for hydroxylation is 1. The standard InChI is InChI=1S/C14H10N4O5/c1-7-4-12(19)23-11-5-8(2-3-9(7)11)16-14(20)13-10(18(21)22)6-15-17-13/h2-6H,1H3,(H,15,17)(H,16,20). The first-order valence-corrected chi connectivity index (χ1v) is 6.49. The lowest BCUT2D eigenvalue weighted by molar-refractivity contribution is -0.385. The third kappa shape index (κ3) is 2.67. The Balaban J connectivity index is 1.95. The Morgan fingerprint density at radius 3 is 2.91 bits per heavy atom. The fraction of sp³-hybridized carbons (Fsp3) is 0.0714. The van der Waals surface area contributed by atoms with E-state index in [4.69, 9.17) is 4.42 Å². The SMILES string of the molecule is Cc1cc(=O)oc2cc(NC(=O)c3[nH]ncc3[N+](=O)[O-])ccc12. The Morgan fingerprint density at radius 2 is 2.17 bits per heavy atom. The van der Waals surface area contributed by atoms with Crippen LogP contribution in [0.25, 0.3) is 11.0 Å². The third-order valence-electron chi connectivity index (χ3n) is 3.25. The van der Waals surface area contributed by atoms with Crippen molar-refractivity contribution >= 4 is 28.3 Å². The molecule has 0 aliphatic carbocycles. The summed E-state index contributed by atoms with van der Waals surface area (Å²) in [6, 6.07) is 6.14. The predicted molar refractivity (Wildman–Crippen MR) is 80.4 cm³/mol. The minimum Gasteiger partial charge on any atom is -0.423 e. The second kappa shape index (κ2) is 5.37. The van der Waals surface area contributed by atoms with Gasteiger partial charge in [0.2, 0.25) is 5.69 Å². The van der Waals surface area contributed by atoms with Crippen molar-refractivity contribution in [1.29, 1.82) is 0 Å². The highest BCUT2D eigenvalue weighted by Gasteiger charge is 2.22. The lowest BCUT2D eigenvalue weighted by atomic mass is 10.1. The summed E-state index contributed by atoms with van der Waals surface area (Å²) < 4.78 is 5.08. The summed E-state index contributed by atoms with van der Waals surface area (Å²) in [7, 11) is 0. The summed E-state index contributed by atoms with van der Waals surface area (Å²) in [5, 5.41) is 19.8. The van der Waals surface area contributed by atoms with Gasteiger partial charge in [-0.05, 0) is 24.6 Å². The van der Waals surface area contributed by atoms with Gasteiger partial charge in [0, 0.05) is 23.2 Å². The molecular formula is C14H10N4O5. The van der Waals surface area contributed by atoms with Gasteiger partial charge in [0.15, 0.2) is 0 Å². The zero-order chi connectivity index (χ0) is 16.6.